The van der Waals surface area contributed by atoms with Gasteiger partial charge in [-0.25, -0.2) is 9.97 Å². The van der Waals surface area contributed by atoms with Gasteiger partial charge in [-0.1, -0.05) is 18.5 Å². The van der Waals surface area contributed by atoms with Gasteiger partial charge in [-0.15, -0.1) is 0 Å². The number of fused-ring (bicyclic) bond motifs is 1. The fourth-order valence-electron chi connectivity index (χ4n) is 3.76. The third-order valence-corrected chi connectivity index (χ3v) is 5.75. The summed E-state index contributed by atoms with van der Waals surface area (Å²) in [6.07, 6.45) is 4.88. The minimum atomic E-state index is -0.339. The summed E-state index contributed by atoms with van der Waals surface area (Å²) >= 11 is 6.04. The Kier molecular flexibility index (Phi) is 4.95. The van der Waals surface area contributed by atoms with Gasteiger partial charge >= 0.3 is 0 Å². The topological polar surface area (TPSA) is 94.7 Å². The first kappa shape index (κ1) is 19.3. The van der Waals surface area contributed by atoms with Gasteiger partial charge in [-0.2, -0.15) is 5.26 Å². The molecule has 146 valence electrons. The molecule has 6 nitrogen and oxygen atoms in total. The van der Waals surface area contributed by atoms with Crippen molar-refractivity contribution in [3.63, 3.8) is 0 Å². The molecule has 0 amide bonds. The Morgan fingerprint density at radius 2 is 2.14 bits per heavy atom. The van der Waals surface area contributed by atoms with Gasteiger partial charge in [0, 0.05) is 23.4 Å². The largest absolute Gasteiger partial charge is 0.395 e. The molecule has 0 radical (unpaired) electrons. The van der Waals surface area contributed by atoms with Gasteiger partial charge in [-0.05, 0) is 55.2 Å². The number of nitrogens with zero attached hydrogens (tertiary/aromatic N) is 4. The minimum Gasteiger partial charge on any atom is -0.395 e. The molecule has 7 heteroatoms. The zero-order valence-corrected chi connectivity index (χ0v) is 17.0. The lowest BCUT2D eigenvalue weighted by Gasteiger charge is -2.23. The van der Waals surface area contributed by atoms with Crippen LogP contribution in [-0.2, 0) is 11.8 Å². The molecule has 4 rings (SSSR count). The number of hydrogen-bond donors (Lipinski definition) is 2. The van der Waals surface area contributed by atoms with Gasteiger partial charge in [0.05, 0.1) is 40.3 Å². The molecule has 0 bridgehead atoms. The second-order valence-corrected chi connectivity index (χ2v) is 7.99. The zero-order chi connectivity index (χ0) is 20.6. The number of aliphatic hydroxyl groups is 1. The third-order valence-electron chi connectivity index (χ3n) is 5.55. The molecule has 0 saturated heterocycles. The molecule has 0 saturated carbocycles. The predicted molar refractivity (Wildman–Crippen MR) is 112 cm³/mol. The summed E-state index contributed by atoms with van der Waals surface area (Å²) in [4.78, 5) is 13.1. The van der Waals surface area contributed by atoms with Crippen LogP contribution in [0.1, 0.15) is 35.7 Å². The lowest BCUT2D eigenvalue weighted by Crippen LogP contribution is -2.23. The summed E-state index contributed by atoms with van der Waals surface area (Å²) in [6, 6.07) is 9.79. The zero-order valence-electron chi connectivity index (χ0n) is 16.2. The first-order chi connectivity index (χ1) is 13.9. The third kappa shape index (κ3) is 3.55. The van der Waals surface area contributed by atoms with Crippen LogP contribution in [0.3, 0.4) is 0 Å². The molecule has 1 atom stereocenters. The van der Waals surface area contributed by atoms with Gasteiger partial charge in [0.15, 0.2) is 0 Å². The molecule has 2 aromatic heterocycles. The lowest BCUT2D eigenvalue weighted by molar-refractivity contribution is 0.206. The van der Waals surface area contributed by atoms with Gasteiger partial charge in [-0.3, -0.25) is 4.98 Å². The summed E-state index contributed by atoms with van der Waals surface area (Å²) in [5.74, 6) is 0.415. The SMILES string of the molecule is Cc1ncc(Cl)cc1Nc1nccc(-c2cc(C#N)c3c(c2)C(C)(CO)CC3)n1. The molecule has 0 spiro atoms. The first-order valence-electron chi connectivity index (χ1n) is 9.34. The van der Waals surface area contributed by atoms with Crippen LogP contribution in [0.4, 0.5) is 11.6 Å². The van der Waals surface area contributed by atoms with Crippen molar-refractivity contribution in [2.75, 3.05) is 11.9 Å². The van der Waals surface area contributed by atoms with Crippen molar-refractivity contribution >= 4 is 23.2 Å². The summed E-state index contributed by atoms with van der Waals surface area (Å²) in [5, 5.41) is 23.2. The van der Waals surface area contributed by atoms with E-state index in [1.54, 1.807) is 18.5 Å². The number of rotatable bonds is 4. The molecule has 2 heterocycles. The summed E-state index contributed by atoms with van der Waals surface area (Å²) in [7, 11) is 0. The van der Waals surface area contributed by atoms with Gasteiger partial charge in [0.1, 0.15) is 0 Å². The average Bonchev–Trinajstić information content (AvgIpc) is 3.08. The Bertz CT molecular complexity index is 1140. The van der Waals surface area contributed by atoms with E-state index in [2.05, 4.69) is 26.3 Å². The van der Waals surface area contributed by atoms with Crippen LogP contribution in [0.5, 0.6) is 0 Å². The number of hydrogen-bond acceptors (Lipinski definition) is 6. The fourth-order valence-corrected chi connectivity index (χ4v) is 3.92. The molecule has 1 aliphatic rings. The van der Waals surface area contributed by atoms with E-state index >= 15 is 0 Å². The van der Waals surface area contributed by atoms with Crippen LogP contribution in [0.2, 0.25) is 5.02 Å². The van der Waals surface area contributed by atoms with Crippen molar-refractivity contribution < 1.29 is 5.11 Å². The normalized spacial score (nSPS) is 17.6. The van der Waals surface area contributed by atoms with Crippen LogP contribution >= 0.6 is 11.6 Å². The van der Waals surface area contributed by atoms with Crippen LogP contribution < -0.4 is 5.32 Å². The molecule has 1 unspecified atom stereocenters. The van der Waals surface area contributed by atoms with Crippen molar-refractivity contribution in [2.45, 2.75) is 32.1 Å². The highest BCUT2D eigenvalue weighted by Gasteiger charge is 2.35. The number of anilines is 2. The van der Waals surface area contributed by atoms with E-state index in [9.17, 15) is 10.4 Å². The lowest BCUT2D eigenvalue weighted by atomic mass is 9.83. The van der Waals surface area contributed by atoms with Crippen molar-refractivity contribution in [2.24, 2.45) is 0 Å². The van der Waals surface area contributed by atoms with Crippen molar-refractivity contribution in [1.82, 2.24) is 15.0 Å². The Hall–Kier alpha value is -3.01. The molecule has 0 aliphatic heterocycles. The quantitative estimate of drug-likeness (QED) is 0.671. The Morgan fingerprint density at radius 3 is 2.90 bits per heavy atom. The van der Waals surface area contributed by atoms with E-state index in [0.717, 1.165) is 40.9 Å². The molecular weight excluding hydrogens is 386 g/mol. The number of aryl methyl sites for hydroxylation is 1. The second kappa shape index (κ2) is 7.43. The number of benzene rings is 1. The number of nitrogens with one attached hydrogen (secondary N) is 1. The van der Waals surface area contributed by atoms with Crippen LogP contribution in [-0.4, -0.2) is 26.7 Å². The molecule has 1 aliphatic carbocycles. The van der Waals surface area contributed by atoms with Gasteiger partial charge in [0.25, 0.3) is 0 Å². The Labute approximate surface area is 174 Å². The number of aromatic nitrogens is 3. The monoisotopic (exact) mass is 405 g/mol. The number of aliphatic hydroxyl groups excluding tert-OH is 1. The van der Waals surface area contributed by atoms with E-state index in [1.807, 2.05) is 32.0 Å². The highest BCUT2D eigenvalue weighted by molar-refractivity contribution is 6.30. The molecule has 29 heavy (non-hydrogen) atoms. The van der Waals surface area contributed by atoms with Crippen LogP contribution in [0.25, 0.3) is 11.3 Å². The van der Waals surface area contributed by atoms with E-state index in [0.29, 0.717) is 22.2 Å². The molecule has 0 fully saturated rings. The molecule has 2 N–H and O–H groups in total. The van der Waals surface area contributed by atoms with Crippen molar-refractivity contribution in [3.05, 3.63) is 64.1 Å². The molecule has 1 aromatic carbocycles. The number of halogens is 1. The first-order valence-corrected chi connectivity index (χ1v) is 9.72. The van der Waals surface area contributed by atoms with Gasteiger partial charge < -0.3 is 10.4 Å². The second-order valence-electron chi connectivity index (χ2n) is 7.56. The highest BCUT2D eigenvalue weighted by atomic mass is 35.5. The summed E-state index contributed by atoms with van der Waals surface area (Å²) in [5.41, 5.74) is 5.39. The molecular formula is C22H20ClN5O. The van der Waals surface area contributed by atoms with E-state index in [4.69, 9.17) is 11.6 Å². The van der Waals surface area contributed by atoms with E-state index in [-0.39, 0.29) is 12.0 Å². The number of nitriles is 1. The van der Waals surface area contributed by atoms with Crippen molar-refractivity contribution in [3.8, 4) is 17.3 Å². The summed E-state index contributed by atoms with van der Waals surface area (Å²) < 4.78 is 0. The maximum atomic E-state index is 9.92. The van der Waals surface area contributed by atoms with Crippen molar-refractivity contribution in [1.29, 1.82) is 5.26 Å². The maximum absolute atomic E-state index is 9.92. The smallest absolute Gasteiger partial charge is 0.227 e. The Morgan fingerprint density at radius 1 is 1.31 bits per heavy atom. The summed E-state index contributed by atoms with van der Waals surface area (Å²) in [6.45, 7) is 3.95. The standard InChI is InChI=1S/C22H20ClN5O/c1-13-20(9-16(23)11-26-13)28-21-25-6-4-19(27-21)14-7-15(10-24)17-3-5-22(2,12-29)18(17)8-14/h4,6-9,11,29H,3,5,12H2,1-2H3,(H,25,27,28). The highest BCUT2D eigenvalue weighted by Crippen LogP contribution is 2.42. The molecule has 3 aromatic rings. The predicted octanol–water partition coefficient (Wildman–Crippen LogP) is 4.31. The average molecular weight is 406 g/mol. The van der Waals surface area contributed by atoms with Gasteiger partial charge in [0.2, 0.25) is 5.95 Å². The Balaban J connectivity index is 1.75. The fraction of sp³-hybridized carbons (Fsp3) is 0.273. The van der Waals surface area contributed by atoms with Crippen LogP contribution in [0, 0.1) is 18.3 Å². The van der Waals surface area contributed by atoms with E-state index in [1.165, 1.54) is 0 Å². The maximum Gasteiger partial charge on any atom is 0.227 e. The minimum absolute atomic E-state index is 0.0476. The number of pyridine rings is 1. The van der Waals surface area contributed by atoms with E-state index < -0.39 is 0 Å². The van der Waals surface area contributed by atoms with Crippen LogP contribution in [0.15, 0.2) is 36.7 Å².